The molecule has 0 spiro atoms. The first-order valence-corrected chi connectivity index (χ1v) is 6.58. The van der Waals surface area contributed by atoms with Crippen LogP contribution in [0, 0.1) is 0 Å². The molecule has 1 N–H and O–H groups in total. The SMILES string of the molecule is CNc1cccc(COC2CC(C)OC(C)C2)n1. The molecule has 0 aromatic carbocycles. The molecular weight excluding hydrogens is 228 g/mol. The van der Waals surface area contributed by atoms with Crippen LogP contribution in [0.5, 0.6) is 0 Å². The van der Waals surface area contributed by atoms with E-state index >= 15 is 0 Å². The lowest BCUT2D eigenvalue weighted by molar-refractivity contribution is -0.106. The number of hydrogen-bond acceptors (Lipinski definition) is 4. The molecule has 1 aromatic heterocycles. The van der Waals surface area contributed by atoms with Gasteiger partial charge in [0.1, 0.15) is 5.82 Å². The number of anilines is 1. The summed E-state index contributed by atoms with van der Waals surface area (Å²) in [6.45, 7) is 4.78. The Hall–Kier alpha value is -1.13. The third-order valence-electron chi connectivity index (χ3n) is 3.18. The Kier molecular flexibility index (Phi) is 4.55. The Morgan fingerprint density at radius 2 is 2.06 bits per heavy atom. The maximum Gasteiger partial charge on any atom is 0.126 e. The van der Waals surface area contributed by atoms with Crippen molar-refractivity contribution in [3.8, 4) is 0 Å². The van der Waals surface area contributed by atoms with Crippen LogP contribution in [0.1, 0.15) is 32.4 Å². The van der Waals surface area contributed by atoms with Gasteiger partial charge in [-0.25, -0.2) is 4.98 Å². The lowest BCUT2D eigenvalue weighted by Gasteiger charge is -2.31. The maximum atomic E-state index is 5.94. The average molecular weight is 250 g/mol. The second kappa shape index (κ2) is 6.16. The van der Waals surface area contributed by atoms with Crippen LogP contribution in [0.25, 0.3) is 0 Å². The minimum atomic E-state index is 0.281. The minimum Gasteiger partial charge on any atom is -0.375 e. The molecule has 0 aliphatic carbocycles. The molecule has 1 aliphatic rings. The van der Waals surface area contributed by atoms with Gasteiger partial charge in [-0.3, -0.25) is 0 Å². The lowest BCUT2D eigenvalue weighted by Crippen LogP contribution is -2.34. The average Bonchev–Trinajstić information content (AvgIpc) is 2.35. The molecule has 0 amide bonds. The van der Waals surface area contributed by atoms with Crippen molar-refractivity contribution in [3.63, 3.8) is 0 Å². The van der Waals surface area contributed by atoms with Crippen molar-refractivity contribution in [2.75, 3.05) is 12.4 Å². The van der Waals surface area contributed by atoms with Crippen LogP contribution in [-0.4, -0.2) is 30.3 Å². The number of hydrogen-bond donors (Lipinski definition) is 1. The van der Waals surface area contributed by atoms with E-state index in [4.69, 9.17) is 9.47 Å². The topological polar surface area (TPSA) is 43.4 Å². The Bertz CT molecular complexity index is 374. The summed E-state index contributed by atoms with van der Waals surface area (Å²) in [4.78, 5) is 4.45. The summed E-state index contributed by atoms with van der Waals surface area (Å²) < 4.78 is 11.6. The Morgan fingerprint density at radius 3 is 2.72 bits per heavy atom. The molecule has 0 bridgehead atoms. The van der Waals surface area contributed by atoms with Crippen LogP contribution in [-0.2, 0) is 16.1 Å². The van der Waals surface area contributed by atoms with Gasteiger partial charge in [0.2, 0.25) is 0 Å². The summed E-state index contributed by atoms with van der Waals surface area (Å²) in [5, 5.41) is 3.03. The molecule has 18 heavy (non-hydrogen) atoms. The highest BCUT2D eigenvalue weighted by atomic mass is 16.5. The molecule has 2 heterocycles. The van der Waals surface area contributed by atoms with Gasteiger partial charge in [0.15, 0.2) is 0 Å². The molecule has 2 rings (SSSR count). The predicted molar refractivity (Wildman–Crippen MR) is 71.6 cm³/mol. The number of nitrogens with zero attached hydrogens (tertiary/aromatic N) is 1. The molecule has 1 fully saturated rings. The van der Waals surface area contributed by atoms with Gasteiger partial charge in [-0.1, -0.05) is 6.07 Å². The summed E-state index contributed by atoms with van der Waals surface area (Å²) in [5.41, 5.74) is 0.966. The van der Waals surface area contributed by atoms with Gasteiger partial charge < -0.3 is 14.8 Å². The van der Waals surface area contributed by atoms with Crippen molar-refractivity contribution in [2.24, 2.45) is 0 Å². The van der Waals surface area contributed by atoms with E-state index in [0.717, 1.165) is 24.4 Å². The summed E-state index contributed by atoms with van der Waals surface area (Å²) >= 11 is 0. The quantitative estimate of drug-likeness (QED) is 0.892. The lowest BCUT2D eigenvalue weighted by atomic mass is 10.0. The van der Waals surface area contributed by atoms with Crippen LogP contribution in [0.15, 0.2) is 18.2 Å². The van der Waals surface area contributed by atoms with Crippen LogP contribution >= 0.6 is 0 Å². The molecule has 1 aromatic rings. The van der Waals surface area contributed by atoms with Crippen molar-refractivity contribution in [1.29, 1.82) is 0 Å². The van der Waals surface area contributed by atoms with Gasteiger partial charge in [0.25, 0.3) is 0 Å². The number of aromatic nitrogens is 1. The number of rotatable bonds is 4. The largest absolute Gasteiger partial charge is 0.375 e. The van der Waals surface area contributed by atoms with Gasteiger partial charge in [0.05, 0.1) is 30.6 Å². The third kappa shape index (κ3) is 3.68. The fourth-order valence-corrected chi connectivity index (χ4v) is 2.38. The first-order valence-electron chi connectivity index (χ1n) is 6.58. The van der Waals surface area contributed by atoms with Crippen molar-refractivity contribution in [2.45, 2.75) is 51.6 Å². The maximum absolute atomic E-state index is 5.94. The summed E-state index contributed by atoms with van der Waals surface area (Å²) in [6, 6.07) is 5.93. The Balaban J connectivity index is 1.86. The fraction of sp³-hybridized carbons (Fsp3) is 0.643. The molecule has 0 radical (unpaired) electrons. The molecule has 2 atom stereocenters. The molecule has 0 saturated carbocycles. The standard InChI is InChI=1S/C14H22N2O2/c1-10-7-13(8-11(2)18-10)17-9-12-5-4-6-14(15-3)16-12/h4-6,10-11,13H,7-9H2,1-3H3,(H,15,16). The second-order valence-electron chi connectivity index (χ2n) is 4.93. The van der Waals surface area contributed by atoms with E-state index in [2.05, 4.69) is 24.1 Å². The van der Waals surface area contributed by atoms with E-state index in [9.17, 15) is 0 Å². The normalized spacial score (nSPS) is 28.1. The van der Waals surface area contributed by atoms with Crippen molar-refractivity contribution in [3.05, 3.63) is 23.9 Å². The highest BCUT2D eigenvalue weighted by Crippen LogP contribution is 2.22. The van der Waals surface area contributed by atoms with Gasteiger partial charge in [-0.05, 0) is 38.8 Å². The summed E-state index contributed by atoms with van der Waals surface area (Å²) in [5.74, 6) is 0.879. The number of pyridine rings is 1. The molecule has 100 valence electrons. The Morgan fingerprint density at radius 1 is 1.33 bits per heavy atom. The first-order chi connectivity index (χ1) is 8.67. The van der Waals surface area contributed by atoms with Crippen LogP contribution in [0.3, 0.4) is 0 Å². The van der Waals surface area contributed by atoms with Crippen LogP contribution < -0.4 is 5.32 Å². The van der Waals surface area contributed by atoms with E-state index in [1.165, 1.54) is 0 Å². The number of nitrogens with one attached hydrogen (secondary N) is 1. The molecule has 1 saturated heterocycles. The van der Waals surface area contributed by atoms with E-state index in [1.807, 2.05) is 25.2 Å². The second-order valence-corrected chi connectivity index (χ2v) is 4.93. The van der Waals surface area contributed by atoms with Gasteiger partial charge in [-0.15, -0.1) is 0 Å². The zero-order valence-electron chi connectivity index (χ0n) is 11.3. The highest BCUT2D eigenvalue weighted by Gasteiger charge is 2.24. The third-order valence-corrected chi connectivity index (χ3v) is 3.18. The molecule has 2 unspecified atom stereocenters. The summed E-state index contributed by atoms with van der Waals surface area (Å²) in [7, 11) is 1.87. The van der Waals surface area contributed by atoms with Gasteiger partial charge >= 0.3 is 0 Å². The van der Waals surface area contributed by atoms with Crippen LogP contribution in [0.2, 0.25) is 0 Å². The van der Waals surface area contributed by atoms with Crippen molar-refractivity contribution in [1.82, 2.24) is 4.98 Å². The van der Waals surface area contributed by atoms with E-state index in [0.29, 0.717) is 6.61 Å². The van der Waals surface area contributed by atoms with Crippen LogP contribution in [0.4, 0.5) is 5.82 Å². The number of ether oxygens (including phenoxy) is 2. The highest BCUT2D eigenvalue weighted by molar-refractivity contribution is 5.34. The zero-order valence-corrected chi connectivity index (χ0v) is 11.3. The molecular formula is C14H22N2O2. The van der Waals surface area contributed by atoms with Crippen molar-refractivity contribution >= 4 is 5.82 Å². The predicted octanol–water partition coefficient (Wildman–Crippen LogP) is 2.60. The fourth-order valence-electron chi connectivity index (χ4n) is 2.38. The first kappa shape index (κ1) is 13.3. The zero-order chi connectivity index (χ0) is 13.0. The van der Waals surface area contributed by atoms with E-state index in [-0.39, 0.29) is 18.3 Å². The van der Waals surface area contributed by atoms with E-state index < -0.39 is 0 Å². The van der Waals surface area contributed by atoms with Crippen molar-refractivity contribution < 1.29 is 9.47 Å². The van der Waals surface area contributed by atoms with Gasteiger partial charge in [-0.2, -0.15) is 0 Å². The van der Waals surface area contributed by atoms with E-state index in [1.54, 1.807) is 0 Å². The Labute approximate surface area is 109 Å². The summed E-state index contributed by atoms with van der Waals surface area (Å²) in [6.07, 6.45) is 2.79. The molecule has 4 heteroatoms. The molecule has 1 aliphatic heterocycles. The minimum absolute atomic E-state index is 0.281. The molecule has 4 nitrogen and oxygen atoms in total. The smallest absolute Gasteiger partial charge is 0.126 e. The monoisotopic (exact) mass is 250 g/mol. The van der Waals surface area contributed by atoms with Gasteiger partial charge in [0, 0.05) is 7.05 Å².